The van der Waals surface area contributed by atoms with Gasteiger partial charge in [-0.05, 0) is 38.3 Å². The SMILES string of the molecule is Cc1ccc(S(=O)(=O)N(CC(=O)N2CCNCC2)C[C@H]2CCCO2)c(C)c1. The van der Waals surface area contributed by atoms with E-state index >= 15 is 0 Å². The van der Waals surface area contributed by atoms with Crippen LogP contribution in [0.25, 0.3) is 0 Å². The number of ether oxygens (including phenoxy) is 1. The molecule has 2 aliphatic heterocycles. The van der Waals surface area contributed by atoms with Gasteiger partial charge in [-0.2, -0.15) is 4.31 Å². The maximum atomic E-state index is 13.4. The second kappa shape index (κ2) is 8.68. The first-order valence-electron chi connectivity index (χ1n) is 9.55. The van der Waals surface area contributed by atoms with E-state index in [4.69, 9.17) is 4.74 Å². The van der Waals surface area contributed by atoms with Crippen LogP contribution < -0.4 is 5.32 Å². The van der Waals surface area contributed by atoms with Gasteiger partial charge in [0.15, 0.2) is 0 Å². The van der Waals surface area contributed by atoms with Gasteiger partial charge in [-0.15, -0.1) is 0 Å². The van der Waals surface area contributed by atoms with Crippen molar-refractivity contribution >= 4 is 15.9 Å². The quantitative estimate of drug-likeness (QED) is 0.774. The molecule has 1 aromatic rings. The maximum absolute atomic E-state index is 13.4. The Labute approximate surface area is 161 Å². The van der Waals surface area contributed by atoms with E-state index in [1.807, 2.05) is 13.0 Å². The molecular formula is C19H29N3O4S. The lowest BCUT2D eigenvalue weighted by molar-refractivity contribution is -0.132. The molecule has 1 atom stereocenters. The van der Waals surface area contributed by atoms with E-state index in [1.165, 1.54) is 4.31 Å². The summed E-state index contributed by atoms with van der Waals surface area (Å²) in [7, 11) is -3.78. The largest absolute Gasteiger partial charge is 0.377 e. The number of hydrogen-bond donors (Lipinski definition) is 1. The number of carbonyl (C=O) groups excluding carboxylic acids is 1. The number of hydrogen-bond acceptors (Lipinski definition) is 5. The number of rotatable bonds is 6. The first kappa shape index (κ1) is 20.3. The number of benzene rings is 1. The van der Waals surface area contributed by atoms with Crippen LogP contribution in [-0.4, -0.2) is 75.5 Å². The molecule has 0 aromatic heterocycles. The standard InChI is InChI=1S/C19H29N3O4S/c1-15-5-6-18(16(2)12-15)27(24,25)22(13-17-4-3-11-26-17)14-19(23)21-9-7-20-8-10-21/h5-6,12,17,20H,3-4,7-11,13-14H2,1-2H3/t17-/m1/s1. The van der Waals surface area contributed by atoms with Gasteiger partial charge in [0.25, 0.3) is 0 Å². The minimum Gasteiger partial charge on any atom is -0.377 e. The van der Waals surface area contributed by atoms with Crippen LogP contribution in [0.15, 0.2) is 23.1 Å². The molecule has 27 heavy (non-hydrogen) atoms. The Kier molecular flexibility index (Phi) is 6.52. The summed E-state index contributed by atoms with van der Waals surface area (Å²) in [5, 5.41) is 3.20. The van der Waals surface area contributed by atoms with Gasteiger partial charge in [-0.25, -0.2) is 8.42 Å². The van der Waals surface area contributed by atoms with Crippen molar-refractivity contribution in [1.82, 2.24) is 14.5 Å². The molecule has 3 rings (SSSR count). The average Bonchev–Trinajstić information content (AvgIpc) is 3.14. The molecule has 0 bridgehead atoms. The number of piperazine rings is 1. The van der Waals surface area contributed by atoms with Crippen molar-refractivity contribution in [3.05, 3.63) is 29.3 Å². The molecule has 0 radical (unpaired) electrons. The van der Waals surface area contributed by atoms with Crippen LogP contribution in [0.1, 0.15) is 24.0 Å². The molecule has 2 aliphatic rings. The molecule has 8 heteroatoms. The monoisotopic (exact) mass is 395 g/mol. The second-order valence-corrected chi connectivity index (χ2v) is 9.24. The van der Waals surface area contributed by atoms with E-state index < -0.39 is 10.0 Å². The van der Waals surface area contributed by atoms with Crippen molar-refractivity contribution in [2.24, 2.45) is 0 Å². The van der Waals surface area contributed by atoms with Crippen LogP contribution in [0, 0.1) is 13.8 Å². The van der Waals surface area contributed by atoms with Gasteiger partial charge >= 0.3 is 0 Å². The zero-order chi connectivity index (χ0) is 19.4. The van der Waals surface area contributed by atoms with Crippen LogP contribution >= 0.6 is 0 Å². The van der Waals surface area contributed by atoms with Crippen molar-refractivity contribution in [2.75, 3.05) is 45.9 Å². The molecule has 2 saturated heterocycles. The number of aryl methyl sites for hydroxylation is 2. The van der Waals surface area contributed by atoms with Crippen LogP contribution in [0.4, 0.5) is 0 Å². The number of amides is 1. The Balaban J connectivity index is 1.84. The first-order valence-corrected chi connectivity index (χ1v) is 11.0. The summed E-state index contributed by atoms with van der Waals surface area (Å²) in [6.45, 7) is 7.13. The lowest BCUT2D eigenvalue weighted by Crippen LogP contribution is -2.51. The third kappa shape index (κ3) is 4.87. The van der Waals surface area contributed by atoms with Crippen molar-refractivity contribution in [2.45, 2.75) is 37.7 Å². The first-order chi connectivity index (χ1) is 12.9. The highest BCUT2D eigenvalue weighted by atomic mass is 32.2. The minimum atomic E-state index is -3.78. The van der Waals surface area contributed by atoms with E-state index in [9.17, 15) is 13.2 Å². The smallest absolute Gasteiger partial charge is 0.243 e. The van der Waals surface area contributed by atoms with Crippen LogP contribution in [0.5, 0.6) is 0 Å². The van der Waals surface area contributed by atoms with E-state index in [0.717, 1.165) is 31.5 Å². The van der Waals surface area contributed by atoms with E-state index in [2.05, 4.69) is 5.32 Å². The molecule has 0 spiro atoms. The topological polar surface area (TPSA) is 79.0 Å². The lowest BCUT2D eigenvalue weighted by Gasteiger charge is -2.31. The van der Waals surface area contributed by atoms with E-state index in [0.29, 0.717) is 25.3 Å². The molecule has 1 aromatic carbocycles. The Morgan fingerprint density at radius 1 is 1.30 bits per heavy atom. The summed E-state index contributed by atoms with van der Waals surface area (Å²) in [4.78, 5) is 14.7. The molecule has 0 unspecified atom stereocenters. The zero-order valence-corrected chi connectivity index (χ0v) is 16.9. The summed E-state index contributed by atoms with van der Waals surface area (Å²) in [5.41, 5.74) is 1.70. The molecule has 2 fully saturated rings. The summed E-state index contributed by atoms with van der Waals surface area (Å²) < 4.78 is 33.7. The van der Waals surface area contributed by atoms with Gasteiger partial charge in [0.1, 0.15) is 0 Å². The predicted molar refractivity (Wildman–Crippen MR) is 103 cm³/mol. The number of nitrogens with zero attached hydrogens (tertiary/aromatic N) is 2. The molecule has 150 valence electrons. The number of carbonyl (C=O) groups is 1. The summed E-state index contributed by atoms with van der Waals surface area (Å²) in [6.07, 6.45) is 1.59. The Morgan fingerprint density at radius 2 is 2.04 bits per heavy atom. The molecule has 1 amide bonds. The Hall–Kier alpha value is -1.48. The number of sulfonamides is 1. The summed E-state index contributed by atoms with van der Waals surface area (Å²) in [5.74, 6) is -0.150. The van der Waals surface area contributed by atoms with Gasteiger partial charge in [0.2, 0.25) is 15.9 Å². The fourth-order valence-corrected chi connectivity index (χ4v) is 5.28. The maximum Gasteiger partial charge on any atom is 0.243 e. The fraction of sp³-hybridized carbons (Fsp3) is 0.632. The van der Waals surface area contributed by atoms with Gasteiger partial charge in [0, 0.05) is 39.3 Å². The van der Waals surface area contributed by atoms with Crippen LogP contribution in [0.3, 0.4) is 0 Å². The third-order valence-corrected chi connectivity index (χ3v) is 7.13. The predicted octanol–water partition coefficient (Wildman–Crippen LogP) is 0.905. The van der Waals surface area contributed by atoms with Crippen LogP contribution in [-0.2, 0) is 19.6 Å². The van der Waals surface area contributed by atoms with Crippen molar-refractivity contribution in [3.8, 4) is 0 Å². The molecule has 1 N–H and O–H groups in total. The summed E-state index contributed by atoms with van der Waals surface area (Å²) >= 11 is 0. The average molecular weight is 396 g/mol. The highest BCUT2D eigenvalue weighted by Gasteiger charge is 2.33. The van der Waals surface area contributed by atoms with E-state index in [-0.39, 0.29) is 30.0 Å². The van der Waals surface area contributed by atoms with E-state index in [1.54, 1.807) is 24.0 Å². The van der Waals surface area contributed by atoms with Gasteiger partial charge in [0.05, 0.1) is 17.5 Å². The highest BCUT2D eigenvalue weighted by Crippen LogP contribution is 2.23. The normalized spacial score (nSPS) is 21.0. The Bertz CT molecular complexity index is 769. The van der Waals surface area contributed by atoms with Crippen molar-refractivity contribution in [1.29, 1.82) is 0 Å². The van der Waals surface area contributed by atoms with Crippen molar-refractivity contribution in [3.63, 3.8) is 0 Å². The van der Waals surface area contributed by atoms with Gasteiger partial charge in [-0.3, -0.25) is 4.79 Å². The second-order valence-electron chi connectivity index (χ2n) is 7.33. The lowest BCUT2D eigenvalue weighted by atomic mass is 10.2. The number of nitrogens with one attached hydrogen (secondary N) is 1. The van der Waals surface area contributed by atoms with Crippen LogP contribution in [0.2, 0.25) is 0 Å². The summed E-state index contributed by atoms with van der Waals surface area (Å²) in [6, 6.07) is 5.29. The van der Waals surface area contributed by atoms with Gasteiger partial charge < -0.3 is 15.0 Å². The molecule has 7 nitrogen and oxygen atoms in total. The minimum absolute atomic E-state index is 0.143. The molecule has 2 heterocycles. The fourth-order valence-electron chi connectivity index (χ4n) is 3.66. The molecule has 0 aliphatic carbocycles. The van der Waals surface area contributed by atoms with Crippen molar-refractivity contribution < 1.29 is 17.9 Å². The van der Waals surface area contributed by atoms with Gasteiger partial charge in [-0.1, -0.05) is 17.7 Å². The molecular weight excluding hydrogens is 366 g/mol. The molecule has 0 saturated carbocycles. The third-order valence-electron chi connectivity index (χ3n) is 5.16. The highest BCUT2D eigenvalue weighted by molar-refractivity contribution is 7.89. The Morgan fingerprint density at radius 3 is 2.67 bits per heavy atom. The zero-order valence-electron chi connectivity index (χ0n) is 16.1.